The summed E-state index contributed by atoms with van der Waals surface area (Å²) < 4.78 is 51.4. The van der Waals surface area contributed by atoms with E-state index in [0.29, 0.717) is 0 Å². The predicted molar refractivity (Wildman–Crippen MR) is 68.3 cm³/mol. The lowest BCUT2D eigenvalue weighted by Crippen LogP contribution is -2.22. The highest BCUT2D eigenvalue weighted by Crippen LogP contribution is 2.23. The zero-order valence-corrected chi connectivity index (χ0v) is 11.9. The summed E-state index contributed by atoms with van der Waals surface area (Å²) in [5.41, 5.74) is 0.254. The van der Waals surface area contributed by atoms with Crippen LogP contribution in [-0.4, -0.2) is 33.6 Å². The molecule has 0 radical (unpaired) electrons. The average molecular weight is 323 g/mol. The second kappa shape index (κ2) is 5.84. The summed E-state index contributed by atoms with van der Waals surface area (Å²) in [6.07, 6.45) is -4.31. The molecule has 2 atom stereocenters. The summed E-state index contributed by atoms with van der Waals surface area (Å²) in [5.74, 6) is -4.51. The Kier molecular flexibility index (Phi) is 4.77. The van der Waals surface area contributed by atoms with Gasteiger partial charge in [-0.15, -0.1) is 4.36 Å². The van der Waals surface area contributed by atoms with E-state index in [1.165, 1.54) is 31.2 Å². The van der Waals surface area contributed by atoms with Crippen molar-refractivity contribution in [2.75, 3.05) is 6.26 Å². The molecule has 0 aliphatic carbocycles. The summed E-state index contributed by atoms with van der Waals surface area (Å²) in [6.45, 7) is 1.37. The Bertz CT molecular complexity index is 690. The van der Waals surface area contributed by atoms with Crippen LogP contribution in [0.4, 0.5) is 13.2 Å². The lowest BCUT2D eigenvalue weighted by molar-refractivity contribution is -0.169. The van der Waals surface area contributed by atoms with Crippen molar-refractivity contribution < 1.29 is 32.1 Å². The molecule has 0 bridgehead atoms. The van der Waals surface area contributed by atoms with E-state index >= 15 is 0 Å². The largest absolute Gasteiger partial charge is 0.481 e. The molecular weight excluding hydrogens is 311 g/mol. The van der Waals surface area contributed by atoms with Crippen molar-refractivity contribution in [1.82, 2.24) is 0 Å². The Hall–Kier alpha value is -1.90. The molecule has 0 heterocycles. The lowest BCUT2D eigenvalue weighted by atomic mass is 10.0. The average Bonchev–Trinajstić information content (AvgIpc) is 2.36. The van der Waals surface area contributed by atoms with Crippen molar-refractivity contribution >= 4 is 21.6 Å². The van der Waals surface area contributed by atoms with Crippen LogP contribution in [0.25, 0.3) is 0 Å². The van der Waals surface area contributed by atoms with Gasteiger partial charge in [0.15, 0.2) is 0 Å². The van der Waals surface area contributed by atoms with Gasteiger partial charge in [-0.2, -0.15) is 13.2 Å². The lowest BCUT2D eigenvalue weighted by Gasteiger charge is -2.10. The van der Waals surface area contributed by atoms with Crippen LogP contribution in [0.2, 0.25) is 0 Å². The van der Waals surface area contributed by atoms with Crippen molar-refractivity contribution in [1.29, 1.82) is 0 Å². The number of halogens is 3. The van der Waals surface area contributed by atoms with Gasteiger partial charge in [-0.1, -0.05) is 12.1 Å². The molecule has 0 spiro atoms. The third-order valence-electron chi connectivity index (χ3n) is 2.67. The molecule has 0 fully saturated rings. The van der Waals surface area contributed by atoms with Gasteiger partial charge in [0.05, 0.1) is 15.6 Å². The number of amides is 1. The molecule has 116 valence electrons. The van der Waals surface area contributed by atoms with E-state index in [9.17, 15) is 27.0 Å². The normalized spacial score (nSPS) is 15.9. The molecule has 1 aromatic rings. The first-order valence-corrected chi connectivity index (χ1v) is 7.53. The summed E-state index contributed by atoms with van der Waals surface area (Å²) in [5, 5.41) is 8.88. The number of aliphatic carboxylic acids is 1. The molecule has 5 nitrogen and oxygen atoms in total. The number of carbonyl (C=O) groups is 2. The molecule has 1 rings (SSSR count). The van der Waals surface area contributed by atoms with Crippen molar-refractivity contribution in [2.24, 2.45) is 4.36 Å². The van der Waals surface area contributed by atoms with Crippen molar-refractivity contribution in [3.05, 3.63) is 29.8 Å². The number of benzene rings is 1. The fourth-order valence-electron chi connectivity index (χ4n) is 1.42. The maximum atomic E-state index is 12.2. The Balaban J connectivity index is 3.31. The van der Waals surface area contributed by atoms with Gasteiger partial charge >= 0.3 is 18.1 Å². The van der Waals surface area contributed by atoms with E-state index in [1.807, 2.05) is 0 Å². The second-order valence-electron chi connectivity index (χ2n) is 4.33. The van der Waals surface area contributed by atoms with Crippen molar-refractivity contribution in [3.63, 3.8) is 0 Å². The van der Waals surface area contributed by atoms with E-state index < -0.39 is 33.7 Å². The first-order chi connectivity index (χ1) is 9.45. The van der Waals surface area contributed by atoms with Gasteiger partial charge in [0.2, 0.25) is 0 Å². The van der Waals surface area contributed by atoms with Gasteiger partial charge in [-0.05, 0) is 24.6 Å². The van der Waals surface area contributed by atoms with E-state index in [2.05, 4.69) is 4.36 Å². The molecule has 1 N–H and O–H groups in total. The molecule has 9 heteroatoms. The standard InChI is InChI=1S/C12H12F3NO4S/c1-7(10(17)18)8-4-3-5-9(6-8)21(2,20)16-11(19)12(13,14)15/h3-7H,1-2H3,(H,17,18). The molecule has 0 saturated carbocycles. The highest BCUT2D eigenvalue weighted by molar-refractivity contribution is 7.93. The fourth-order valence-corrected chi connectivity index (χ4v) is 2.64. The monoisotopic (exact) mass is 323 g/mol. The van der Waals surface area contributed by atoms with E-state index in [1.54, 1.807) is 0 Å². The summed E-state index contributed by atoms with van der Waals surface area (Å²) in [7, 11) is -3.61. The van der Waals surface area contributed by atoms with Crippen LogP contribution in [0.1, 0.15) is 18.4 Å². The first kappa shape index (κ1) is 17.2. The van der Waals surface area contributed by atoms with Crippen LogP contribution >= 0.6 is 0 Å². The summed E-state index contributed by atoms with van der Waals surface area (Å²) in [6, 6.07) is 5.19. The van der Waals surface area contributed by atoms with Crippen LogP contribution in [0.3, 0.4) is 0 Å². The number of rotatable bonds is 3. The van der Waals surface area contributed by atoms with E-state index in [-0.39, 0.29) is 10.5 Å². The number of carboxylic acid groups (broad SMARTS) is 1. The van der Waals surface area contributed by atoms with Crippen molar-refractivity contribution in [3.8, 4) is 0 Å². The Labute approximate surface area is 119 Å². The maximum absolute atomic E-state index is 12.2. The van der Waals surface area contributed by atoms with Gasteiger partial charge in [0.25, 0.3) is 0 Å². The number of alkyl halides is 3. The zero-order valence-electron chi connectivity index (χ0n) is 11.0. The second-order valence-corrected chi connectivity index (χ2v) is 6.59. The molecule has 0 aromatic heterocycles. The number of hydrogen-bond acceptors (Lipinski definition) is 3. The van der Waals surface area contributed by atoms with Crippen LogP contribution < -0.4 is 0 Å². The zero-order chi connectivity index (χ0) is 16.4. The van der Waals surface area contributed by atoms with Gasteiger partial charge in [0, 0.05) is 11.2 Å². The minimum Gasteiger partial charge on any atom is -0.481 e. The smallest absolute Gasteiger partial charge is 0.474 e. The van der Waals surface area contributed by atoms with Gasteiger partial charge in [-0.25, -0.2) is 4.21 Å². The fraction of sp³-hybridized carbons (Fsp3) is 0.333. The van der Waals surface area contributed by atoms with Crippen LogP contribution in [0, 0.1) is 0 Å². The summed E-state index contributed by atoms with van der Waals surface area (Å²) >= 11 is 0. The van der Waals surface area contributed by atoms with Gasteiger partial charge < -0.3 is 5.11 Å². The number of hydrogen-bond donors (Lipinski definition) is 1. The number of nitrogens with zero attached hydrogens (tertiary/aromatic N) is 1. The van der Waals surface area contributed by atoms with Gasteiger partial charge in [0.1, 0.15) is 0 Å². The minimum atomic E-state index is -5.20. The SMILES string of the molecule is CC(C(=O)O)c1cccc(S(C)(=O)=NC(=O)C(F)(F)F)c1. The quantitative estimate of drug-likeness (QED) is 0.926. The first-order valence-electron chi connectivity index (χ1n) is 5.61. The Morgan fingerprint density at radius 1 is 1.33 bits per heavy atom. The third-order valence-corrected chi connectivity index (χ3v) is 4.31. The molecule has 0 saturated heterocycles. The summed E-state index contributed by atoms with van der Waals surface area (Å²) in [4.78, 5) is 21.6. The maximum Gasteiger partial charge on any atom is 0.474 e. The predicted octanol–water partition coefficient (Wildman–Crippen LogP) is 2.42. The molecule has 21 heavy (non-hydrogen) atoms. The highest BCUT2D eigenvalue weighted by atomic mass is 32.2. The molecule has 1 aromatic carbocycles. The highest BCUT2D eigenvalue weighted by Gasteiger charge is 2.39. The Morgan fingerprint density at radius 2 is 1.90 bits per heavy atom. The molecule has 0 aliphatic heterocycles. The molecule has 1 amide bonds. The minimum absolute atomic E-state index is 0.134. The molecular formula is C12H12F3NO4S. The topological polar surface area (TPSA) is 83.8 Å². The molecule has 0 aliphatic rings. The third kappa shape index (κ3) is 4.28. The van der Waals surface area contributed by atoms with E-state index in [0.717, 1.165) is 6.26 Å². The number of carbonyl (C=O) groups excluding carboxylic acids is 1. The van der Waals surface area contributed by atoms with Crippen LogP contribution in [0.5, 0.6) is 0 Å². The number of carboxylic acids is 1. The van der Waals surface area contributed by atoms with Crippen molar-refractivity contribution in [2.45, 2.75) is 23.9 Å². The molecule has 2 unspecified atom stereocenters. The van der Waals surface area contributed by atoms with Crippen LogP contribution in [-0.2, 0) is 19.3 Å². The Morgan fingerprint density at radius 3 is 2.38 bits per heavy atom. The van der Waals surface area contributed by atoms with Gasteiger partial charge in [-0.3, -0.25) is 9.59 Å². The van der Waals surface area contributed by atoms with Crippen LogP contribution in [0.15, 0.2) is 33.5 Å². The van der Waals surface area contributed by atoms with E-state index in [4.69, 9.17) is 5.11 Å².